The summed E-state index contributed by atoms with van der Waals surface area (Å²) in [6, 6.07) is 9.85. The molecule has 1 aromatic carbocycles. The Labute approximate surface area is 157 Å². The van der Waals surface area contributed by atoms with E-state index in [0.717, 1.165) is 5.56 Å². The van der Waals surface area contributed by atoms with Gasteiger partial charge in [0.05, 0.1) is 18.4 Å². The fourth-order valence-corrected chi connectivity index (χ4v) is 3.39. The summed E-state index contributed by atoms with van der Waals surface area (Å²) in [6.45, 7) is 4.44. The van der Waals surface area contributed by atoms with Crippen LogP contribution in [0.4, 0.5) is 0 Å². The van der Waals surface area contributed by atoms with Crippen molar-refractivity contribution in [2.75, 3.05) is 20.7 Å². The molecular weight excluding hydrogens is 352 g/mol. The third kappa shape index (κ3) is 5.32. The van der Waals surface area contributed by atoms with E-state index in [4.69, 9.17) is 4.74 Å². The molecule has 26 heavy (non-hydrogen) atoms. The van der Waals surface area contributed by atoms with Crippen LogP contribution < -0.4 is 0 Å². The molecule has 0 bridgehead atoms. The minimum Gasteiger partial charge on any atom is -0.466 e. The summed E-state index contributed by atoms with van der Waals surface area (Å²) >= 11 is 1.33. The zero-order valence-electron chi connectivity index (χ0n) is 15.5. The molecule has 1 amide bonds. The van der Waals surface area contributed by atoms with Gasteiger partial charge in [0.25, 0.3) is 0 Å². The molecule has 1 atom stereocenters. The Balaban J connectivity index is 2.27. The number of carbonyl (C=O) groups excluding carboxylic acids is 2. The highest BCUT2D eigenvalue weighted by Crippen LogP contribution is 2.24. The number of carbonyl (C=O) groups is 2. The zero-order chi connectivity index (χ0) is 19.1. The van der Waals surface area contributed by atoms with Crippen LogP contribution in [0.25, 0.3) is 0 Å². The highest BCUT2D eigenvalue weighted by molar-refractivity contribution is 8.00. The first kappa shape index (κ1) is 20.0. The van der Waals surface area contributed by atoms with Gasteiger partial charge in [0.1, 0.15) is 12.2 Å². The SMILES string of the molecule is CCOC(=O)Cc1nnc(S[C@H](C)C(=O)N(C)C)n1Cc1ccccc1. The number of benzene rings is 1. The van der Waals surface area contributed by atoms with Crippen LogP contribution >= 0.6 is 11.8 Å². The van der Waals surface area contributed by atoms with Crippen LogP contribution in [-0.2, 0) is 27.3 Å². The predicted octanol–water partition coefficient (Wildman–Crippen LogP) is 2.00. The lowest BCUT2D eigenvalue weighted by Gasteiger charge is -2.16. The van der Waals surface area contributed by atoms with Gasteiger partial charge in [-0.05, 0) is 19.4 Å². The van der Waals surface area contributed by atoms with Crippen LogP contribution in [0, 0.1) is 0 Å². The van der Waals surface area contributed by atoms with E-state index in [2.05, 4.69) is 10.2 Å². The first-order chi connectivity index (χ1) is 12.4. The molecule has 7 nitrogen and oxygen atoms in total. The summed E-state index contributed by atoms with van der Waals surface area (Å²) in [5.41, 5.74) is 1.06. The lowest BCUT2D eigenvalue weighted by molar-refractivity contribution is -0.142. The van der Waals surface area contributed by atoms with Crippen molar-refractivity contribution < 1.29 is 14.3 Å². The molecule has 0 aliphatic carbocycles. The van der Waals surface area contributed by atoms with Crippen molar-refractivity contribution >= 4 is 23.6 Å². The number of rotatable bonds is 8. The van der Waals surface area contributed by atoms with Gasteiger partial charge in [-0.2, -0.15) is 0 Å². The van der Waals surface area contributed by atoms with E-state index < -0.39 is 0 Å². The normalized spacial score (nSPS) is 11.8. The molecule has 2 rings (SSSR count). The smallest absolute Gasteiger partial charge is 0.313 e. The van der Waals surface area contributed by atoms with E-state index in [9.17, 15) is 9.59 Å². The predicted molar refractivity (Wildman–Crippen MR) is 99.9 cm³/mol. The van der Waals surface area contributed by atoms with Crippen LogP contribution in [0.1, 0.15) is 25.2 Å². The third-order valence-electron chi connectivity index (χ3n) is 3.66. The number of aromatic nitrogens is 3. The minimum atomic E-state index is -0.344. The van der Waals surface area contributed by atoms with Crippen molar-refractivity contribution in [1.29, 1.82) is 0 Å². The Morgan fingerprint density at radius 2 is 1.92 bits per heavy atom. The molecule has 2 aromatic rings. The summed E-state index contributed by atoms with van der Waals surface area (Å²) in [7, 11) is 3.44. The van der Waals surface area contributed by atoms with E-state index in [1.807, 2.05) is 41.8 Å². The van der Waals surface area contributed by atoms with Crippen molar-refractivity contribution in [2.45, 2.75) is 37.2 Å². The van der Waals surface area contributed by atoms with E-state index in [1.165, 1.54) is 11.8 Å². The molecule has 0 N–H and O–H groups in total. The molecule has 1 heterocycles. The Morgan fingerprint density at radius 1 is 1.23 bits per heavy atom. The summed E-state index contributed by atoms with van der Waals surface area (Å²) in [4.78, 5) is 25.6. The number of amides is 1. The fourth-order valence-electron chi connectivity index (χ4n) is 2.37. The Morgan fingerprint density at radius 3 is 2.54 bits per heavy atom. The monoisotopic (exact) mass is 376 g/mol. The van der Waals surface area contributed by atoms with Crippen molar-refractivity contribution in [1.82, 2.24) is 19.7 Å². The van der Waals surface area contributed by atoms with Crippen LogP contribution in [0.15, 0.2) is 35.5 Å². The van der Waals surface area contributed by atoms with Gasteiger partial charge < -0.3 is 14.2 Å². The Kier molecular flexibility index (Phi) is 7.20. The van der Waals surface area contributed by atoms with Crippen LogP contribution in [-0.4, -0.2) is 57.5 Å². The quantitative estimate of drug-likeness (QED) is 0.518. The number of hydrogen-bond acceptors (Lipinski definition) is 6. The maximum Gasteiger partial charge on any atom is 0.313 e. The van der Waals surface area contributed by atoms with E-state index >= 15 is 0 Å². The lowest BCUT2D eigenvalue weighted by Crippen LogP contribution is -2.30. The molecule has 0 aliphatic rings. The van der Waals surface area contributed by atoms with Crippen LogP contribution in [0.2, 0.25) is 0 Å². The number of thioether (sulfide) groups is 1. The number of hydrogen-bond donors (Lipinski definition) is 0. The second-order valence-corrected chi connectivity index (χ2v) is 7.25. The molecule has 0 saturated heterocycles. The van der Waals surface area contributed by atoms with Crippen molar-refractivity contribution in [2.24, 2.45) is 0 Å². The van der Waals surface area contributed by atoms with Crippen LogP contribution in [0.3, 0.4) is 0 Å². The first-order valence-corrected chi connectivity index (χ1v) is 9.29. The molecule has 0 fully saturated rings. The lowest BCUT2D eigenvalue weighted by atomic mass is 10.2. The molecule has 8 heteroatoms. The van der Waals surface area contributed by atoms with Gasteiger partial charge >= 0.3 is 5.97 Å². The van der Waals surface area contributed by atoms with Crippen molar-refractivity contribution in [3.63, 3.8) is 0 Å². The second kappa shape index (κ2) is 9.38. The van der Waals surface area contributed by atoms with Crippen molar-refractivity contribution in [3.8, 4) is 0 Å². The molecule has 140 valence electrons. The second-order valence-electron chi connectivity index (χ2n) is 5.95. The van der Waals surface area contributed by atoms with E-state index in [-0.39, 0.29) is 23.5 Å². The standard InChI is InChI=1S/C18H24N4O3S/c1-5-25-16(23)11-15-19-20-18(26-13(2)17(24)21(3)4)22(15)12-14-9-7-6-8-10-14/h6-10,13H,5,11-12H2,1-4H3/t13-/m1/s1. The highest BCUT2D eigenvalue weighted by atomic mass is 32.2. The van der Waals surface area contributed by atoms with Crippen LogP contribution in [0.5, 0.6) is 0 Å². The summed E-state index contributed by atoms with van der Waals surface area (Å²) in [5, 5.41) is 8.66. The Bertz CT molecular complexity index is 746. The average molecular weight is 376 g/mol. The first-order valence-electron chi connectivity index (χ1n) is 8.41. The number of ether oxygens (including phenoxy) is 1. The Hall–Kier alpha value is -2.35. The summed E-state index contributed by atoms with van der Waals surface area (Å²) < 4.78 is 6.89. The van der Waals surface area contributed by atoms with Gasteiger partial charge in [-0.3, -0.25) is 9.59 Å². The van der Waals surface area contributed by atoms with Crippen molar-refractivity contribution in [3.05, 3.63) is 41.7 Å². The summed E-state index contributed by atoms with van der Waals surface area (Å²) in [6.07, 6.45) is 0.0459. The largest absolute Gasteiger partial charge is 0.466 e. The minimum absolute atomic E-state index is 0.00351. The molecule has 1 aromatic heterocycles. The third-order valence-corrected chi connectivity index (χ3v) is 4.72. The fraction of sp³-hybridized carbons (Fsp3) is 0.444. The van der Waals surface area contributed by atoms with Gasteiger partial charge in [-0.25, -0.2) is 0 Å². The number of esters is 1. The molecule has 0 saturated carbocycles. The zero-order valence-corrected chi connectivity index (χ0v) is 16.3. The van der Waals surface area contributed by atoms with Gasteiger partial charge in [-0.1, -0.05) is 42.1 Å². The van der Waals surface area contributed by atoms with Gasteiger partial charge in [-0.15, -0.1) is 10.2 Å². The van der Waals surface area contributed by atoms with E-state index in [1.54, 1.807) is 25.9 Å². The van der Waals surface area contributed by atoms with Gasteiger partial charge in [0, 0.05) is 14.1 Å². The molecule has 0 unspecified atom stereocenters. The van der Waals surface area contributed by atoms with Gasteiger partial charge in [0.2, 0.25) is 5.91 Å². The maximum atomic E-state index is 12.2. The molecule has 0 spiro atoms. The number of nitrogens with zero attached hydrogens (tertiary/aromatic N) is 4. The highest BCUT2D eigenvalue weighted by Gasteiger charge is 2.22. The summed E-state index contributed by atoms with van der Waals surface area (Å²) in [5.74, 6) is 0.179. The topological polar surface area (TPSA) is 77.3 Å². The van der Waals surface area contributed by atoms with E-state index in [0.29, 0.717) is 24.1 Å². The molecule has 0 aliphatic heterocycles. The average Bonchev–Trinajstić information content (AvgIpc) is 2.96. The van der Waals surface area contributed by atoms with Gasteiger partial charge in [0.15, 0.2) is 5.16 Å². The molecule has 0 radical (unpaired) electrons. The maximum absolute atomic E-state index is 12.2. The molecular formula is C18H24N4O3S.